The van der Waals surface area contributed by atoms with Gasteiger partial charge in [-0.15, -0.1) is 0 Å². The summed E-state index contributed by atoms with van der Waals surface area (Å²) in [5.41, 5.74) is 2.99. The maximum absolute atomic E-state index is 12.6. The number of nitro benzene ring substituents is 1. The van der Waals surface area contributed by atoms with Crippen LogP contribution < -0.4 is 15.0 Å². The molecular formula is C23H19N3O5. The zero-order valence-corrected chi connectivity index (χ0v) is 16.7. The monoisotopic (exact) mass is 417 g/mol. The fourth-order valence-electron chi connectivity index (χ4n) is 3.32. The van der Waals surface area contributed by atoms with Gasteiger partial charge in [-0.05, 0) is 42.3 Å². The summed E-state index contributed by atoms with van der Waals surface area (Å²) in [6, 6.07) is 18.5. The number of non-ortho nitro benzene ring substituents is 1. The average molecular weight is 417 g/mol. The molecule has 31 heavy (non-hydrogen) atoms. The predicted octanol–water partition coefficient (Wildman–Crippen LogP) is 4.08. The van der Waals surface area contributed by atoms with Crippen molar-refractivity contribution in [3.8, 4) is 5.75 Å². The second-order valence-electron chi connectivity index (χ2n) is 7.14. The number of hydrogen-bond donors (Lipinski definition) is 1. The summed E-state index contributed by atoms with van der Waals surface area (Å²) in [7, 11) is 0. The third kappa shape index (κ3) is 4.23. The van der Waals surface area contributed by atoms with Crippen molar-refractivity contribution < 1.29 is 19.2 Å². The number of ether oxygens (including phenoxy) is 1. The van der Waals surface area contributed by atoms with Crippen LogP contribution in [0.15, 0.2) is 66.7 Å². The van der Waals surface area contributed by atoms with Gasteiger partial charge in [0.05, 0.1) is 22.8 Å². The summed E-state index contributed by atoms with van der Waals surface area (Å²) in [6.45, 7) is 2.10. The number of nitro groups is 1. The van der Waals surface area contributed by atoms with Gasteiger partial charge in [-0.25, -0.2) is 0 Å². The number of nitrogens with one attached hydrogen (secondary N) is 1. The van der Waals surface area contributed by atoms with Crippen LogP contribution in [0.2, 0.25) is 0 Å². The number of carbonyl (C=O) groups is 2. The molecule has 0 aliphatic carbocycles. The lowest BCUT2D eigenvalue weighted by Crippen LogP contribution is -2.38. The highest BCUT2D eigenvalue weighted by atomic mass is 16.6. The molecule has 4 rings (SSSR count). The number of rotatable bonds is 5. The topological polar surface area (TPSA) is 102 Å². The molecule has 8 heteroatoms. The fourth-order valence-corrected chi connectivity index (χ4v) is 3.32. The number of hydrogen-bond acceptors (Lipinski definition) is 5. The van der Waals surface area contributed by atoms with Crippen molar-refractivity contribution in [3.05, 3.63) is 93.5 Å². The van der Waals surface area contributed by atoms with Gasteiger partial charge in [0, 0.05) is 17.7 Å². The molecule has 0 spiro atoms. The molecular weight excluding hydrogens is 398 g/mol. The van der Waals surface area contributed by atoms with E-state index in [2.05, 4.69) is 5.32 Å². The first kappa shape index (κ1) is 20.1. The Morgan fingerprint density at radius 3 is 2.61 bits per heavy atom. The van der Waals surface area contributed by atoms with E-state index in [9.17, 15) is 19.7 Å². The number of para-hydroxylation sites is 2. The second-order valence-corrected chi connectivity index (χ2v) is 7.14. The van der Waals surface area contributed by atoms with Crippen molar-refractivity contribution in [2.45, 2.75) is 13.5 Å². The smallest absolute Gasteiger partial charge is 0.271 e. The first-order valence-electron chi connectivity index (χ1n) is 9.60. The van der Waals surface area contributed by atoms with Gasteiger partial charge in [0.25, 0.3) is 17.5 Å². The molecule has 0 unspecified atom stereocenters. The van der Waals surface area contributed by atoms with E-state index in [4.69, 9.17) is 4.74 Å². The summed E-state index contributed by atoms with van der Waals surface area (Å²) >= 11 is 0. The number of nitrogens with zero attached hydrogens (tertiary/aromatic N) is 2. The molecule has 0 saturated carbocycles. The molecule has 3 aromatic carbocycles. The number of aryl methyl sites for hydroxylation is 1. The molecule has 3 aromatic rings. The largest absolute Gasteiger partial charge is 0.482 e. The lowest BCUT2D eigenvalue weighted by Gasteiger charge is -2.29. The van der Waals surface area contributed by atoms with Crippen LogP contribution in [-0.4, -0.2) is 23.3 Å². The van der Waals surface area contributed by atoms with Crippen LogP contribution in [0.25, 0.3) is 0 Å². The van der Waals surface area contributed by atoms with Gasteiger partial charge < -0.3 is 15.0 Å². The van der Waals surface area contributed by atoms with Gasteiger partial charge in [0.2, 0.25) is 0 Å². The van der Waals surface area contributed by atoms with Gasteiger partial charge in [-0.1, -0.05) is 30.3 Å². The molecule has 0 fully saturated rings. The lowest BCUT2D eigenvalue weighted by molar-refractivity contribution is -0.384. The van der Waals surface area contributed by atoms with Crippen LogP contribution in [0.5, 0.6) is 5.75 Å². The first-order valence-corrected chi connectivity index (χ1v) is 9.60. The number of amides is 2. The van der Waals surface area contributed by atoms with E-state index in [1.165, 1.54) is 12.1 Å². The van der Waals surface area contributed by atoms with Crippen molar-refractivity contribution in [2.24, 2.45) is 0 Å². The summed E-state index contributed by atoms with van der Waals surface area (Å²) in [5.74, 6) is 0.148. The zero-order chi connectivity index (χ0) is 22.0. The van der Waals surface area contributed by atoms with E-state index in [1.807, 2.05) is 24.3 Å². The number of anilines is 2. The summed E-state index contributed by atoms with van der Waals surface area (Å²) in [4.78, 5) is 37.1. The molecule has 0 aromatic heterocycles. The van der Waals surface area contributed by atoms with Crippen LogP contribution in [0, 0.1) is 17.0 Å². The van der Waals surface area contributed by atoms with Crippen molar-refractivity contribution in [1.29, 1.82) is 0 Å². The maximum atomic E-state index is 12.6. The van der Waals surface area contributed by atoms with Crippen LogP contribution in [-0.2, 0) is 11.3 Å². The van der Waals surface area contributed by atoms with Crippen LogP contribution in [0.3, 0.4) is 0 Å². The third-order valence-corrected chi connectivity index (χ3v) is 5.05. The highest BCUT2D eigenvalue weighted by Gasteiger charge is 2.25. The van der Waals surface area contributed by atoms with Gasteiger partial charge in [0.15, 0.2) is 6.61 Å². The predicted molar refractivity (Wildman–Crippen MR) is 115 cm³/mol. The first-order chi connectivity index (χ1) is 14.9. The molecule has 8 nitrogen and oxygen atoms in total. The molecule has 1 heterocycles. The summed E-state index contributed by atoms with van der Waals surface area (Å²) in [5, 5.41) is 13.7. The normalized spacial score (nSPS) is 12.7. The van der Waals surface area contributed by atoms with E-state index in [0.717, 1.165) is 11.1 Å². The maximum Gasteiger partial charge on any atom is 0.271 e. The Kier molecular flexibility index (Phi) is 5.36. The van der Waals surface area contributed by atoms with Crippen LogP contribution >= 0.6 is 0 Å². The van der Waals surface area contributed by atoms with E-state index in [0.29, 0.717) is 29.2 Å². The third-order valence-electron chi connectivity index (χ3n) is 5.05. The van der Waals surface area contributed by atoms with Gasteiger partial charge in [-0.2, -0.15) is 0 Å². The van der Waals surface area contributed by atoms with Gasteiger partial charge in [-0.3, -0.25) is 19.7 Å². The van der Waals surface area contributed by atoms with Gasteiger partial charge in [0.1, 0.15) is 5.75 Å². The van der Waals surface area contributed by atoms with E-state index in [-0.39, 0.29) is 24.1 Å². The van der Waals surface area contributed by atoms with Crippen LogP contribution in [0.1, 0.15) is 21.5 Å². The molecule has 1 N–H and O–H groups in total. The molecule has 1 aliphatic rings. The second kappa shape index (κ2) is 8.27. The molecule has 0 bridgehead atoms. The molecule has 156 valence electrons. The Morgan fingerprint density at radius 2 is 1.87 bits per heavy atom. The fraction of sp³-hybridized carbons (Fsp3) is 0.130. The van der Waals surface area contributed by atoms with Crippen molar-refractivity contribution in [1.82, 2.24) is 0 Å². The quantitative estimate of drug-likeness (QED) is 0.498. The van der Waals surface area contributed by atoms with Crippen LogP contribution in [0.4, 0.5) is 17.1 Å². The highest BCUT2D eigenvalue weighted by Crippen LogP contribution is 2.32. The van der Waals surface area contributed by atoms with E-state index < -0.39 is 4.92 Å². The number of benzene rings is 3. The Bertz CT molecular complexity index is 1170. The van der Waals surface area contributed by atoms with E-state index >= 15 is 0 Å². The molecule has 0 saturated heterocycles. The average Bonchev–Trinajstić information content (AvgIpc) is 2.77. The minimum Gasteiger partial charge on any atom is -0.482 e. The number of fused-ring (bicyclic) bond motifs is 1. The lowest BCUT2D eigenvalue weighted by atomic mass is 10.1. The molecule has 1 aliphatic heterocycles. The van der Waals surface area contributed by atoms with Crippen molar-refractivity contribution >= 4 is 28.9 Å². The molecule has 2 amide bonds. The Hall–Kier alpha value is -4.20. The SMILES string of the molecule is Cc1ccc([N+](=O)[O-])cc1NC(=O)c1ccc(CN2C(=O)COc3ccccc32)cc1. The Balaban J connectivity index is 1.49. The highest BCUT2D eigenvalue weighted by molar-refractivity contribution is 6.05. The molecule has 0 radical (unpaired) electrons. The number of carbonyl (C=O) groups excluding carboxylic acids is 2. The van der Waals surface area contributed by atoms with Crippen molar-refractivity contribution in [2.75, 3.05) is 16.8 Å². The summed E-state index contributed by atoms with van der Waals surface area (Å²) < 4.78 is 5.46. The zero-order valence-electron chi connectivity index (χ0n) is 16.7. The van der Waals surface area contributed by atoms with E-state index in [1.54, 1.807) is 42.2 Å². The minimum atomic E-state index is -0.505. The van der Waals surface area contributed by atoms with Crippen molar-refractivity contribution in [3.63, 3.8) is 0 Å². The summed E-state index contributed by atoms with van der Waals surface area (Å²) in [6.07, 6.45) is 0. The Labute approximate surface area is 178 Å². The standard InChI is InChI=1S/C23H19N3O5/c1-15-6-11-18(26(29)30)12-19(15)24-23(28)17-9-7-16(8-10-17)13-25-20-4-2-3-5-21(20)31-14-22(25)27/h2-12H,13-14H2,1H3,(H,24,28). The molecule has 0 atom stereocenters. The Morgan fingerprint density at radius 1 is 1.13 bits per heavy atom. The van der Waals surface area contributed by atoms with Gasteiger partial charge >= 0.3 is 0 Å². The minimum absolute atomic E-state index is 0.0138.